The van der Waals surface area contributed by atoms with Crippen molar-refractivity contribution in [1.29, 1.82) is 0 Å². The maximum absolute atomic E-state index is 4.22. The van der Waals surface area contributed by atoms with Crippen LogP contribution in [0.4, 0.5) is 0 Å². The van der Waals surface area contributed by atoms with E-state index in [2.05, 4.69) is 55.1 Å². The molecule has 0 radical (unpaired) electrons. The molecule has 5 nitrogen and oxygen atoms in total. The first-order valence-electron chi connectivity index (χ1n) is 7.81. The molecule has 5 heteroatoms. The highest BCUT2D eigenvalue weighted by Crippen LogP contribution is 2.02. The fourth-order valence-corrected chi connectivity index (χ4v) is 1.94. The summed E-state index contributed by atoms with van der Waals surface area (Å²) in [6, 6.07) is 0. The van der Waals surface area contributed by atoms with Crippen molar-refractivity contribution in [3.8, 4) is 0 Å². The Hall–Kier alpha value is -0.940. The maximum atomic E-state index is 4.22. The number of likely N-dealkylation sites (N-methyl/N-ethyl adjacent to an activating group) is 1. The summed E-state index contributed by atoms with van der Waals surface area (Å²) in [4.78, 5) is 2.47. The van der Waals surface area contributed by atoms with Gasteiger partial charge in [-0.25, -0.2) is 0 Å². The quantitative estimate of drug-likeness (QED) is 0.754. The summed E-state index contributed by atoms with van der Waals surface area (Å²) in [5, 5.41) is 11.8. The van der Waals surface area contributed by atoms with Gasteiger partial charge >= 0.3 is 0 Å². The molecule has 0 atom stereocenters. The van der Waals surface area contributed by atoms with E-state index in [4.69, 9.17) is 0 Å². The average molecular weight is 281 g/mol. The van der Waals surface area contributed by atoms with Gasteiger partial charge in [0, 0.05) is 24.8 Å². The summed E-state index contributed by atoms with van der Waals surface area (Å²) in [6.45, 7) is 15.9. The summed E-state index contributed by atoms with van der Waals surface area (Å²) >= 11 is 0. The average Bonchev–Trinajstić information content (AvgIpc) is 2.84. The van der Waals surface area contributed by atoms with Gasteiger partial charge in [0.2, 0.25) is 0 Å². The minimum Gasteiger partial charge on any atom is -0.306 e. The largest absolute Gasteiger partial charge is 0.306 e. The molecule has 0 saturated heterocycles. The molecule has 0 saturated carbocycles. The van der Waals surface area contributed by atoms with E-state index in [1.807, 2.05) is 10.9 Å². The van der Waals surface area contributed by atoms with Crippen LogP contribution in [0, 0.1) is 0 Å². The Morgan fingerprint density at radius 3 is 2.60 bits per heavy atom. The molecule has 0 fully saturated rings. The van der Waals surface area contributed by atoms with Crippen LogP contribution in [-0.2, 0) is 13.1 Å². The lowest BCUT2D eigenvalue weighted by atomic mass is 10.1. The molecule has 0 spiro atoms. The molecular formula is C15H31N5. The molecule has 1 aromatic heterocycles. The fraction of sp³-hybridized carbons (Fsp3) is 0.867. The Morgan fingerprint density at radius 1 is 1.25 bits per heavy atom. The highest BCUT2D eigenvalue weighted by atomic mass is 15.4. The molecule has 1 heterocycles. The molecule has 116 valence electrons. The lowest BCUT2D eigenvalue weighted by Crippen LogP contribution is -2.35. The molecular weight excluding hydrogens is 250 g/mol. The summed E-state index contributed by atoms with van der Waals surface area (Å²) in [5.41, 5.74) is 1.12. The second kappa shape index (κ2) is 8.37. The van der Waals surface area contributed by atoms with Gasteiger partial charge in [-0.1, -0.05) is 25.5 Å². The lowest BCUT2D eigenvalue weighted by Gasteiger charge is -2.19. The zero-order valence-electron chi connectivity index (χ0n) is 13.8. The van der Waals surface area contributed by atoms with Gasteiger partial charge in [0.15, 0.2) is 0 Å². The molecule has 0 aliphatic heterocycles. The van der Waals surface area contributed by atoms with Gasteiger partial charge in [-0.2, -0.15) is 0 Å². The van der Waals surface area contributed by atoms with Crippen molar-refractivity contribution in [2.75, 3.05) is 19.6 Å². The van der Waals surface area contributed by atoms with Crippen molar-refractivity contribution in [2.45, 2.75) is 66.1 Å². The van der Waals surface area contributed by atoms with E-state index in [1.165, 1.54) is 19.4 Å². The minimum atomic E-state index is 0.114. The Balaban J connectivity index is 2.35. The Bertz CT molecular complexity index is 367. The fourth-order valence-electron chi connectivity index (χ4n) is 1.94. The van der Waals surface area contributed by atoms with Gasteiger partial charge in [-0.3, -0.25) is 4.68 Å². The van der Waals surface area contributed by atoms with Gasteiger partial charge in [0.25, 0.3) is 0 Å². The summed E-state index contributed by atoms with van der Waals surface area (Å²) in [6.07, 6.45) is 4.57. The van der Waals surface area contributed by atoms with E-state index in [9.17, 15) is 0 Å². The maximum Gasteiger partial charge on any atom is 0.0965 e. The molecule has 1 aromatic rings. The van der Waals surface area contributed by atoms with Gasteiger partial charge in [-0.15, -0.1) is 5.10 Å². The van der Waals surface area contributed by atoms with Gasteiger partial charge in [0.1, 0.15) is 0 Å². The van der Waals surface area contributed by atoms with E-state index < -0.39 is 0 Å². The number of rotatable bonds is 9. The number of aromatic nitrogens is 3. The Labute approximate surface area is 123 Å². The van der Waals surface area contributed by atoms with Crippen molar-refractivity contribution >= 4 is 0 Å². The van der Waals surface area contributed by atoms with Gasteiger partial charge in [0.05, 0.1) is 12.2 Å². The Kier molecular flexibility index (Phi) is 7.16. The molecule has 0 unspecified atom stereocenters. The highest BCUT2D eigenvalue weighted by Gasteiger charge is 2.10. The molecule has 0 aliphatic carbocycles. The van der Waals surface area contributed by atoms with Crippen LogP contribution < -0.4 is 5.32 Å². The normalized spacial score (nSPS) is 12.3. The predicted molar refractivity (Wildman–Crippen MR) is 83.6 cm³/mol. The van der Waals surface area contributed by atoms with E-state index in [0.717, 1.165) is 31.9 Å². The first-order valence-corrected chi connectivity index (χ1v) is 7.81. The first-order chi connectivity index (χ1) is 9.44. The van der Waals surface area contributed by atoms with Crippen molar-refractivity contribution in [3.05, 3.63) is 11.9 Å². The summed E-state index contributed by atoms with van der Waals surface area (Å²) in [5.74, 6) is 0. The smallest absolute Gasteiger partial charge is 0.0965 e. The lowest BCUT2D eigenvalue weighted by molar-refractivity contribution is 0.266. The monoisotopic (exact) mass is 281 g/mol. The standard InChI is InChI=1S/C15H31N5/c1-6-8-9-19(7-2)10-11-20-13-14(17-18-20)12-16-15(3,4)5/h13,16H,6-12H2,1-5H3. The molecule has 0 aliphatic rings. The SMILES string of the molecule is CCCCN(CC)CCn1cc(CNC(C)(C)C)nn1. The second-order valence-corrected chi connectivity index (χ2v) is 6.36. The van der Waals surface area contributed by atoms with Crippen LogP contribution in [0.3, 0.4) is 0 Å². The molecule has 0 bridgehead atoms. The summed E-state index contributed by atoms with van der Waals surface area (Å²) < 4.78 is 1.95. The van der Waals surface area contributed by atoms with E-state index >= 15 is 0 Å². The number of hydrogen-bond donors (Lipinski definition) is 1. The number of unbranched alkanes of at least 4 members (excludes halogenated alkanes) is 1. The number of nitrogens with one attached hydrogen (secondary N) is 1. The molecule has 20 heavy (non-hydrogen) atoms. The number of nitrogens with zero attached hydrogens (tertiary/aromatic N) is 4. The van der Waals surface area contributed by atoms with Crippen molar-refractivity contribution in [3.63, 3.8) is 0 Å². The third kappa shape index (κ3) is 7.01. The molecule has 0 aromatic carbocycles. The van der Waals surface area contributed by atoms with Crippen molar-refractivity contribution in [1.82, 2.24) is 25.2 Å². The van der Waals surface area contributed by atoms with Crippen LogP contribution in [0.1, 0.15) is 53.2 Å². The molecule has 0 amide bonds. The first kappa shape index (κ1) is 17.1. The Morgan fingerprint density at radius 2 is 2.00 bits per heavy atom. The van der Waals surface area contributed by atoms with E-state index in [0.29, 0.717) is 0 Å². The summed E-state index contributed by atoms with van der Waals surface area (Å²) in [7, 11) is 0. The zero-order valence-corrected chi connectivity index (χ0v) is 13.8. The van der Waals surface area contributed by atoms with E-state index in [-0.39, 0.29) is 5.54 Å². The van der Waals surface area contributed by atoms with Gasteiger partial charge < -0.3 is 10.2 Å². The predicted octanol–water partition coefficient (Wildman–Crippen LogP) is 2.29. The topological polar surface area (TPSA) is 46.0 Å². The van der Waals surface area contributed by atoms with Crippen molar-refractivity contribution in [2.24, 2.45) is 0 Å². The van der Waals surface area contributed by atoms with Crippen LogP contribution >= 0.6 is 0 Å². The number of hydrogen-bond acceptors (Lipinski definition) is 4. The van der Waals surface area contributed by atoms with Crippen molar-refractivity contribution < 1.29 is 0 Å². The van der Waals surface area contributed by atoms with Crippen LogP contribution in [0.25, 0.3) is 0 Å². The minimum absolute atomic E-state index is 0.114. The molecule has 1 N–H and O–H groups in total. The molecule has 1 rings (SSSR count). The van der Waals surface area contributed by atoms with E-state index in [1.54, 1.807) is 0 Å². The second-order valence-electron chi connectivity index (χ2n) is 6.36. The zero-order chi connectivity index (χ0) is 15.0. The third-order valence-electron chi connectivity index (χ3n) is 3.31. The van der Waals surface area contributed by atoms with Crippen LogP contribution in [-0.4, -0.2) is 45.1 Å². The van der Waals surface area contributed by atoms with Gasteiger partial charge in [-0.05, 0) is 40.3 Å². The highest BCUT2D eigenvalue weighted by molar-refractivity contribution is 4.93. The van der Waals surface area contributed by atoms with Crippen LogP contribution in [0.2, 0.25) is 0 Å². The third-order valence-corrected chi connectivity index (χ3v) is 3.31. The van der Waals surface area contributed by atoms with Crippen LogP contribution in [0.15, 0.2) is 6.20 Å². The van der Waals surface area contributed by atoms with Crippen LogP contribution in [0.5, 0.6) is 0 Å².